The molecule has 1 fully saturated rings. The molecule has 2 rings (SSSR count). The summed E-state index contributed by atoms with van der Waals surface area (Å²) in [5, 5.41) is 3.36. The van der Waals surface area contributed by atoms with Crippen LogP contribution in [0.2, 0.25) is 0 Å². The van der Waals surface area contributed by atoms with Gasteiger partial charge in [0.15, 0.2) is 0 Å². The normalized spacial score (nSPS) is 15.6. The fourth-order valence-corrected chi connectivity index (χ4v) is 2.96. The van der Waals surface area contributed by atoms with E-state index in [1.165, 1.54) is 17.1 Å². The zero-order chi connectivity index (χ0) is 14.6. The van der Waals surface area contributed by atoms with Gasteiger partial charge in [-0.3, -0.25) is 0 Å². The van der Waals surface area contributed by atoms with Gasteiger partial charge in [0, 0.05) is 26.2 Å². The molecule has 1 N–H and O–H groups in total. The summed E-state index contributed by atoms with van der Waals surface area (Å²) < 4.78 is 31.1. The van der Waals surface area contributed by atoms with Gasteiger partial charge in [-0.25, -0.2) is 12.7 Å². The third-order valence-corrected chi connectivity index (χ3v) is 5.31. The maximum atomic E-state index is 12.1. The van der Waals surface area contributed by atoms with Crippen molar-refractivity contribution < 1.29 is 13.2 Å². The molecule has 0 aliphatic heterocycles. The average molecular weight is 298 g/mol. The molecule has 0 atom stereocenters. The molecule has 0 heterocycles. The summed E-state index contributed by atoms with van der Waals surface area (Å²) in [6.45, 7) is 3.68. The fourth-order valence-electron chi connectivity index (χ4n) is 1.78. The predicted octanol–water partition coefficient (Wildman–Crippen LogP) is 1.46. The van der Waals surface area contributed by atoms with Crippen molar-refractivity contribution >= 4 is 10.0 Å². The zero-order valence-corrected chi connectivity index (χ0v) is 12.8. The lowest BCUT2D eigenvalue weighted by Gasteiger charge is -2.15. The topological polar surface area (TPSA) is 58.6 Å². The predicted molar refractivity (Wildman–Crippen MR) is 78.5 cm³/mol. The van der Waals surface area contributed by atoms with Crippen LogP contribution >= 0.6 is 0 Å². The first kappa shape index (κ1) is 15.3. The molecule has 0 spiro atoms. The van der Waals surface area contributed by atoms with Crippen molar-refractivity contribution in [3.8, 4) is 5.75 Å². The lowest BCUT2D eigenvalue weighted by atomic mass is 10.3. The second-order valence-corrected chi connectivity index (χ2v) is 7.01. The average Bonchev–Trinajstić information content (AvgIpc) is 3.27. The van der Waals surface area contributed by atoms with Crippen molar-refractivity contribution in [2.75, 3.05) is 26.7 Å². The molecule has 1 aliphatic carbocycles. The van der Waals surface area contributed by atoms with E-state index in [4.69, 9.17) is 4.74 Å². The molecule has 0 radical (unpaired) electrons. The van der Waals surface area contributed by atoms with E-state index in [2.05, 4.69) is 5.32 Å². The minimum absolute atomic E-state index is 0.297. The Morgan fingerprint density at radius 3 is 2.50 bits per heavy atom. The zero-order valence-electron chi connectivity index (χ0n) is 12.0. The largest absolute Gasteiger partial charge is 0.492 e. The molecule has 1 aromatic carbocycles. The first-order valence-corrected chi connectivity index (χ1v) is 8.40. The summed E-state index contributed by atoms with van der Waals surface area (Å²) in [5.74, 6) is 0.695. The van der Waals surface area contributed by atoms with Crippen LogP contribution in [0.25, 0.3) is 0 Å². The number of hydrogen-bond donors (Lipinski definition) is 1. The number of ether oxygens (including phenoxy) is 1. The van der Waals surface area contributed by atoms with Crippen molar-refractivity contribution in [2.45, 2.75) is 30.7 Å². The first-order valence-electron chi connectivity index (χ1n) is 6.96. The molecule has 0 bridgehead atoms. The summed E-state index contributed by atoms with van der Waals surface area (Å²) >= 11 is 0. The van der Waals surface area contributed by atoms with Crippen LogP contribution in [0.15, 0.2) is 29.2 Å². The Labute approximate surface area is 121 Å². The van der Waals surface area contributed by atoms with E-state index in [1.54, 1.807) is 31.3 Å². The van der Waals surface area contributed by atoms with Gasteiger partial charge in [0.1, 0.15) is 12.4 Å². The number of sulfonamides is 1. The molecule has 5 nitrogen and oxygen atoms in total. The van der Waals surface area contributed by atoms with E-state index >= 15 is 0 Å². The van der Waals surface area contributed by atoms with E-state index in [1.807, 2.05) is 6.92 Å². The van der Waals surface area contributed by atoms with Crippen LogP contribution in [-0.2, 0) is 10.0 Å². The molecular formula is C14H22N2O3S. The Kier molecular flexibility index (Phi) is 5.01. The minimum Gasteiger partial charge on any atom is -0.492 e. The Morgan fingerprint density at radius 1 is 1.30 bits per heavy atom. The first-order chi connectivity index (χ1) is 9.54. The van der Waals surface area contributed by atoms with Crippen molar-refractivity contribution in [2.24, 2.45) is 0 Å². The van der Waals surface area contributed by atoms with Crippen molar-refractivity contribution in [3.05, 3.63) is 24.3 Å². The van der Waals surface area contributed by atoms with Gasteiger partial charge in [-0.05, 0) is 37.1 Å². The fraction of sp³-hybridized carbons (Fsp3) is 0.571. The van der Waals surface area contributed by atoms with Gasteiger partial charge in [0.05, 0.1) is 4.90 Å². The van der Waals surface area contributed by atoms with Gasteiger partial charge in [-0.1, -0.05) is 6.92 Å². The van der Waals surface area contributed by atoms with Crippen LogP contribution in [0.4, 0.5) is 0 Å². The van der Waals surface area contributed by atoms with Gasteiger partial charge >= 0.3 is 0 Å². The molecule has 0 amide bonds. The number of nitrogens with zero attached hydrogens (tertiary/aromatic N) is 1. The lowest BCUT2D eigenvalue weighted by molar-refractivity contribution is 0.313. The summed E-state index contributed by atoms with van der Waals surface area (Å²) in [6, 6.07) is 7.26. The summed E-state index contributed by atoms with van der Waals surface area (Å²) in [5.41, 5.74) is 0. The van der Waals surface area contributed by atoms with Crippen LogP contribution in [0.5, 0.6) is 5.75 Å². The maximum Gasteiger partial charge on any atom is 0.242 e. The third kappa shape index (κ3) is 3.94. The second kappa shape index (κ2) is 6.56. The lowest BCUT2D eigenvalue weighted by Crippen LogP contribution is -2.26. The summed E-state index contributed by atoms with van der Waals surface area (Å²) in [4.78, 5) is 0.297. The molecule has 0 unspecified atom stereocenters. The third-order valence-electron chi connectivity index (χ3n) is 3.36. The highest BCUT2D eigenvalue weighted by atomic mass is 32.2. The Bertz CT molecular complexity index is 524. The summed E-state index contributed by atoms with van der Waals surface area (Å²) in [6.07, 6.45) is 2.52. The van der Waals surface area contributed by atoms with Gasteiger partial charge in [0.25, 0.3) is 0 Å². The second-order valence-electron chi connectivity index (χ2n) is 4.97. The van der Waals surface area contributed by atoms with Crippen LogP contribution in [0.3, 0.4) is 0 Å². The maximum absolute atomic E-state index is 12.1. The Hall–Kier alpha value is -1.11. The van der Waals surface area contributed by atoms with Crippen LogP contribution in [-0.4, -0.2) is 45.5 Å². The summed E-state index contributed by atoms with van der Waals surface area (Å²) in [7, 11) is -1.80. The quantitative estimate of drug-likeness (QED) is 0.738. The van der Waals surface area contributed by atoms with E-state index in [9.17, 15) is 8.42 Å². The number of hydrogen-bond acceptors (Lipinski definition) is 4. The smallest absolute Gasteiger partial charge is 0.242 e. The minimum atomic E-state index is -3.37. The molecule has 0 aromatic heterocycles. The van der Waals surface area contributed by atoms with Crippen molar-refractivity contribution in [1.82, 2.24) is 9.62 Å². The van der Waals surface area contributed by atoms with E-state index in [0.717, 1.165) is 6.54 Å². The van der Waals surface area contributed by atoms with Gasteiger partial charge in [0.2, 0.25) is 10.0 Å². The Balaban J connectivity index is 1.88. The van der Waals surface area contributed by atoms with E-state index < -0.39 is 10.0 Å². The molecule has 6 heteroatoms. The Morgan fingerprint density at radius 2 is 1.95 bits per heavy atom. The molecule has 1 saturated carbocycles. The van der Waals surface area contributed by atoms with Gasteiger partial charge in [-0.15, -0.1) is 0 Å². The number of benzene rings is 1. The molecule has 1 aromatic rings. The number of rotatable bonds is 8. The molecule has 20 heavy (non-hydrogen) atoms. The molecular weight excluding hydrogens is 276 g/mol. The van der Waals surface area contributed by atoms with Gasteiger partial charge in [-0.2, -0.15) is 0 Å². The van der Waals surface area contributed by atoms with Crippen LogP contribution < -0.4 is 10.1 Å². The monoisotopic (exact) mass is 298 g/mol. The molecule has 112 valence electrons. The van der Waals surface area contributed by atoms with Crippen LogP contribution in [0.1, 0.15) is 19.8 Å². The van der Waals surface area contributed by atoms with Crippen LogP contribution in [0, 0.1) is 0 Å². The van der Waals surface area contributed by atoms with E-state index in [-0.39, 0.29) is 0 Å². The SMILES string of the molecule is CCN(C)S(=O)(=O)c1ccc(OCCNC2CC2)cc1. The number of nitrogens with one attached hydrogen (secondary N) is 1. The van der Waals surface area contributed by atoms with Crippen molar-refractivity contribution in [3.63, 3.8) is 0 Å². The van der Waals surface area contributed by atoms with E-state index in [0.29, 0.717) is 29.8 Å². The van der Waals surface area contributed by atoms with Crippen molar-refractivity contribution in [1.29, 1.82) is 0 Å². The molecule has 1 aliphatic rings. The standard InChI is InChI=1S/C14H22N2O3S/c1-3-16(2)20(17,18)14-8-6-13(7-9-14)19-11-10-15-12-4-5-12/h6-9,12,15H,3-5,10-11H2,1-2H3. The van der Waals surface area contributed by atoms with Gasteiger partial charge < -0.3 is 10.1 Å². The highest BCUT2D eigenvalue weighted by Crippen LogP contribution is 2.19. The highest BCUT2D eigenvalue weighted by Gasteiger charge is 2.20. The highest BCUT2D eigenvalue weighted by molar-refractivity contribution is 7.89. The molecule has 0 saturated heterocycles.